The zero-order valence-corrected chi connectivity index (χ0v) is 20.6. The third-order valence-corrected chi connectivity index (χ3v) is 7.48. The first kappa shape index (κ1) is 23.2. The monoisotopic (exact) mass is 495 g/mol. The van der Waals surface area contributed by atoms with Crippen LogP contribution in [0.2, 0.25) is 0 Å². The predicted molar refractivity (Wildman–Crippen MR) is 138 cm³/mol. The number of aryl methyl sites for hydroxylation is 2. The first-order valence-electron chi connectivity index (χ1n) is 12.4. The second-order valence-electron chi connectivity index (χ2n) is 9.91. The van der Waals surface area contributed by atoms with E-state index in [0.29, 0.717) is 23.5 Å². The van der Waals surface area contributed by atoms with Crippen LogP contribution in [0.25, 0.3) is 22.4 Å². The van der Waals surface area contributed by atoms with E-state index in [2.05, 4.69) is 51.2 Å². The van der Waals surface area contributed by atoms with Gasteiger partial charge in [0.2, 0.25) is 0 Å². The smallest absolute Gasteiger partial charge is 0.307 e. The standard InChI is InChI=1S/C29H26FN5O2/c1-15-9-17(24-12-31-7-8-32-24)10-16(2)27(15)18-3-5-22(30)28-19(18)4-6-23(28)35-26-14-33-25(13-34-26)20-11-21(20)29(36)37/h3,5,7-10,12-14,20-21,23H,4,6,11H2,1-2H3,(H,34,35)(H,36,37)/t20-,21-,23+/m0/s1. The van der Waals surface area contributed by atoms with Crippen molar-refractivity contribution in [2.75, 3.05) is 5.32 Å². The van der Waals surface area contributed by atoms with E-state index in [9.17, 15) is 4.79 Å². The summed E-state index contributed by atoms with van der Waals surface area (Å²) in [6.45, 7) is 4.16. The van der Waals surface area contributed by atoms with Crippen molar-refractivity contribution in [2.45, 2.75) is 45.1 Å². The van der Waals surface area contributed by atoms with E-state index in [-0.39, 0.29) is 23.7 Å². The maximum Gasteiger partial charge on any atom is 0.307 e. The van der Waals surface area contributed by atoms with Gasteiger partial charge >= 0.3 is 5.97 Å². The van der Waals surface area contributed by atoms with Gasteiger partial charge in [0.05, 0.1) is 41.9 Å². The molecule has 2 N–H and O–H groups in total. The Hall–Kier alpha value is -4.20. The summed E-state index contributed by atoms with van der Waals surface area (Å²) in [6, 6.07) is 7.44. The number of halogens is 1. The lowest BCUT2D eigenvalue weighted by Crippen LogP contribution is -2.11. The highest BCUT2D eigenvalue weighted by Gasteiger charge is 2.45. The molecular weight excluding hydrogens is 469 g/mol. The molecule has 2 aromatic heterocycles. The van der Waals surface area contributed by atoms with Gasteiger partial charge in [-0.05, 0) is 79.1 Å². The molecule has 1 fully saturated rings. The fourth-order valence-corrected chi connectivity index (χ4v) is 5.66. The maximum atomic E-state index is 15.2. The van der Waals surface area contributed by atoms with E-state index in [1.165, 1.54) is 0 Å². The van der Waals surface area contributed by atoms with Crippen LogP contribution in [0, 0.1) is 25.6 Å². The predicted octanol–water partition coefficient (Wildman–Crippen LogP) is 5.64. The summed E-state index contributed by atoms with van der Waals surface area (Å²) in [5.74, 6) is -0.912. The van der Waals surface area contributed by atoms with Gasteiger partial charge in [-0.15, -0.1) is 0 Å². The number of fused-ring (bicyclic) bond motifs is 1. The fraction of sp³-hybridized carbons (Fsp3) is 0.276. The molecule has 0 radical (unpaired) electrons. The van der Waals surface area contributed by atoms with Crippen LogP contribution >= 0.6 is 0 Å². The van der Waals surface area contributed by atoms with Crippen LogP contribution in [0.5, 0.6) is 0 Å². The van der Waals surface area contributed by atoms with Gasteiger partial charge in [0.1, 0.15) is 11.6 Å². The van der Waals surface area contributed by atoms with Crippen molar-refractivity contribution in [2.24, 2.45) is 5.92 Å². The molecule has 186 valence electrons. The average molecular weight is 496 g/mol. The zero-order valence-electron chi connectivity index (χ0n) is 20.6. The molecule has 0 saturated heterocycles. The molecule has 0 unspecified atom stereocenters. The number of carbonyl (C=O) groups is 1. The lowest BCUT2D eigenvalue weighted by Gasteiger charge is -2.19. The van der Waals surface area contributed by atoms with Gasteiger partial charge in [-0.2, -0.15) is 0 Å². The molecule has 2 heterocycles. The Morgan fingerprint density at radius 3 is 2.51 bits per heavy atom. The van der Waals surface area contributed by atoms with Crippen molar-refractivity contribution < 1.29 is 14.3 Å². The third kappa shape index (κ3) is 4.22. The van der Waals surface area contributed by atoms with Crippen molar-refractivity contribution in [1.82, 2.24) is 19.9 Å². The first-order valence-corrected chi connectivity index (χ1v) is 12.4. The second kappa shape index (κ2) is 9.03. The summed E-state index contributed by atoms with van der Waals surface area (Å²) in [5.41, 5.74) is 8.58. The highest BCUT2D eigenvalue weighted by Crippen LogP contribution is 2.47. The number of rotatable bonds is 6. The van der Waals surface area contributed by atoms with Gasteiger partial charge in [-0.1, -0.05) is 6.07 Å². The molecule has 3 atom stereocenters. The second-order valence-corrected chi connectivity index (χ2v) is 9.91. The van der Waals surface area contributed by atoms with E-state index in [1.807, 2.05) is 6.07 Å². The number of hydrogen-bond donors (Lipinski definition) is 2. The summed E-state index contributed by atoms with van der Waals surface area (Å²) < 4.78 is 15.2. The van der Waals surface area contributed by atoms with Crippen molar-refractivity contribution >= 4 is 11.8 Å². The lowest BCUT2D eigenvalue weighted by atomic mass is 9.88. The van der Waals surface area contributed by atoms with Crippen molar-refractivity contribution in [3.63, 3.8) is 0 Å². The summed E-state index contributed by atoms with van der Waals surface area (Å²) in [6.07, 6.45) is 10.4. The largest absolute Gasteiger partial charge is 0.481 e. The van der Waals surface area contributed by atoms with Gasteiger partial charge in [0.25, 0.3) is 0 Å². The van der Waals surface area contributed by atoms with Gasteiger partial charge in [-0.3, -0.25) is 19.7 Å². The quantitative estimate of drug-likeness (QED) is 0.357. The van der Waals surface area contributed by atoms with Crippen LogP contribution in [-0.2, 0) is 11.2 Å². The third-order valence-electron chi connectivity index (χ3n) is 7.48. The molecule has 4 aromatic rings. The minimum atomic E-state index is -0.795. The van der Waals surface area contributed by atoms with Gasteiger partial charge in [0, 0.05) is 29.4 Å². The van der Waals surface area contributed by atoms with E-state index < -0.39 is 5.97 Å². The Bertz CT molecular complexity index is 1480. The number of nitrogens with one attached hydrogen (secondary N) is 1. The number of aliphatic carboxylic acids is 1. The van der Waals surface area contributed by atoms with E-state index >= 15 is 4.39 Å². The first-order chi connectivity index (χ1) is 17.9. The summed E-state index contributed by atoms with van der Waals surface area (Å²) in [7, 11) is 0. The highest BCUT2D eigenvalue weighted by atomic mass is 19.1. The molecule has 0 aliphatic heterocycles. The molecule has 0 bridgehead atoms. The topological polar surface area (TPSA) is 101 Å². The molecule has 1 saturated carbocycles. The molecule has 7 nitrogen and oxygen atoms in total. The SMILES string of the molecule is Cc1cc(-c2cnccn2)cc(C)c1-c1ccc(F)c2c1CC[C@H]2Nc1cnc([C@H]2C[C@@H]2C(=O)O)cn1. The molecule has 37 heavy (non-hydrogen) atoms. The summed E-state index contributed by atoms with van der Waals surface area (Å²) in [4.78, 5) is 28.6. The molecule has 2 aliphatic carbocycles. The van der Waals surface area contributed by atoms with Crippen LogP contribution in [0.1, 0.15) is 52.7 Å². The van der Waals surface area contributed by atoms with E-state index in [1.54, 1.807) is 37.1 Å². The maximum absolute atomic E-state index is 15.2. The van der Waals surface area contributed by atoms with Crippen molar-refractivity contribution in [1.29, 1.82) is 0 Å². The van der Waals surface area contributed by atoms with Crippen LogP contribution in [0.4, 0.5) is 10.2 Å². The van der Waals surface area contributed by atoms with Crippen LogP contribution in [0.3, 0.4) is 0 Å². The molecule has 8 heteroatoms. The Morgan fingerprint density at radius 1 is 1.05 bits per heavy atom. The number of benzene rings is 2. The average Bonchev–Trinajstić information content (AvgIpc) is 3.60. The number of carboxylic acid groups (broad SMARTS) is 1. The van der Waals surface area contributed by atoms with Gasteiger partial charge < -0.3 is 10.4 Å². The summed E-state index contributed by atoms with van der Waals surface area (Å²) >= 11 is 0. The van der Waals surface area contributed by atoms with E-state index in [0.717, 1.165) is 51.9 Å². The summed E-state index contributed by atoms with van der Waals surface area (Å²) in [5, 5.41) is 12.5. The Morgan fingerprint density at radius 2 is 1.86 bits per heavy atom. The minimum Gasteiger partial charge on any atom is -0.481 e. The molecule has 0 amide bonds. The molecule has 6 rings (SSSR count). The van der Waals surface area contributed by atoms with Crippen LogP contribution in [0.15, 0.2) is 55.2 Å². The number of nitrogens with zero attached hydrogens (tertiary/aromatic N) is 4. The Kier molecular flexibility index (Phi) is 5.67. The highest BCUT2D eigenvalue weighted by molar-refractivity contribution is 5.79. The number of anilines is 1. The fourth-order valence-electron chi connectivity index (χ4n) is 5.66. The zero-order chi connectivity index (χ0) is 25.7. The normalized spacial score (nSPS) is 19.9. The van der Waals surface area contributed by atoms with Gasteiger partial charge in [-0.25, -0.2) is 9.37 Å². The van der Waals surface area contributed by atoms with Crippen molar-refractivity contribution in [3.05, 3.63) is 89.0 Å². The van der Waals surface area contributed by atoms with Crippen molar-refractivity contribution in [3.8, 4) is 22.4 Å². The van der Waals surface area contributed by atoms with E-state index in [4.69, 9.17) is 5.11 Å². The van der Waals surface area contributed by atoms with Crippen LogP contribution in [-0.4, -0.2) is 31.0 Å². The minimum absolute atomic E-state index is 0.0712. The Balaban J connectivity index is 1.29. The Labute approximate surface area is 213 Å². The molecule has 0 spiro atoms. The molecule has 2 aliphatic rings. The number of aromatic nitrogens is 4. The number of carboxylic acids is 1. The van der Waals surface area contributed by atoms with Crippen LogP contribution < -0.4 is 5.32 Å². The lowest BCUT2D eigenvalue weighted by molar-refractivity contribution is -0.138. The molecule has 2 aromatic carbocycles. The van der Waals surface area contributed by atoms with Gasteiger partial charge in [0.15, 0.2) is 0 Å². The molecular formula is C29H26FN5O2. The number of hydrogen-bond acceptors (Lipinski definition) is 6.